The van der Waals surface area contributed by atoms with Crippen LogP contribution in [0.15, 0.2) is 50.8 Å². The highest BCUT2D eigenvalue weighted by atomic mass is 79.9. The highest BCUT2D eigenvalue weighted by molar-refractivity contribution is 9.10. The molecule has 0 amide bonds. The predicted molar refractivity (Wildman–Crippen MR) is 72.1 cm³/mol. The van der Waals surface area contributed by atoms with Gasteiger partial charge in [0.1, 0.15) is 5.82 Å². The molecule has 7 heteroatoms. The summed E-state index contributed by atoms with van der Waals surface area (Å²) < 4.78 is 37.7. The van der Waals surface area contributed by atoms with Crippen LogP contribution < -0.4 is 5.43 Å². The van der Waals surface area contributed by atoms with Gasteiger partial charge in [-0.1, -0.05) is 0 Å². The first-order valence-electron chi connectivity index (χ1n) is 5.24. The van der Waals surface area contributed by atoms with Gasteiger partial charge in [-0.25, -0.2) is 12.8 Å². The molecular weight excluding hydrogens is 337 g/mol. The number of benzene rings is 1. The van der Waals surface area contributed by atoms with Crippen LogP contribution in [-0.4, -0.2) is 13.4 Å². The Kier molecular flexibility index (Phi) is 3.86. The Morgan fingerprint density at radius 1 is 1.26 bits per heavy atom. The zero-order valence-corrected chi connectivity index (χ0v) is 12.0. The second-order valence-electron chi connectivity index (χ2n) is 3.87. The van der Waals surface area contributed by atoms with Gasteiger partial charge in [-0.05, 0) is 34.1 Å². The summed E-state index contributed by atoms with van der Waals surface area (Å²) in [6, 6.07) is 4.78. The molecule has 100 valence electrons. The summed E-state index contributed by atoms with van der Waals surface area (Å²) in [6.45, 7) is 0. The Hall–Kier alpha value is -1.47. The normalized spacial score (nSPS) is 11.5. The molecule has 0 saturated heterocycles. The van der Waals surface area contributed by atoms with Crippen LogP contribution in [0.2, 0.25) is 0 Å². The van der Waals surface area contributed by atoms with E-state index in [2.05, 4.69) is 20.9 Å². The third kappa shape index (κ3) is 3.10. The molecule has 0 unspecified atom stereocenters. The van der Waals surface area contributed by atoms with Gasteiger partial charge in [-0.2, -0.15) is 0 Å². The van der Waals surface area contributed by atoms with Gasteiger partial charge in [0, 0.05) is 24.0 Å². The average molecular weight is 346 g/mol. The van der Waals surface area contributed by atoms with Gasteiger partial charge >= 0.3 is 0 Å². The van der Waals surface area contributed by atoms with Gasteiger partial charge in [0.15, 0.2) is 15.3 Å². The molecule has 0 aliphatic heterocycles. The van der Waals surface area contributed by atoms with Gasteiger partial charge in [-0.3, -0.25) is 4.79 Å². The lowest BCUT2D eigenvalue weighted by atomic mass is 10.3. The predicted octanol–water partition coefficient (Wildman–Crippen LogP) is 2.25. The largest absolute Gasteiger partial charge is 0.367 e. The fraction of sp³-hybridized carbons (Fsp3) is 0.0833. The lowest BCUT2D eigenvalue weighted by molar-refractivity contribution is 0.588. The monoisotopic (exact) mass is 345 g/mol. The summed E-state index contributed by atoms with van der Waals surface area (Å²) in [6.07, 6.45) is 2.74. The number of H-pyrrole nitrogens is 1. The SMILES string of the molecule is O=c1cc[nH]cc1CS(=O)(=O)c1ccc(Br)c(F)c1. The quantitative estimate of drug-likeness (QED) is 0.927. The minimum atomic E-state index is -3.76. The molecule has 0 atom stereocenters. The summed E-state index contributed by atoms with van der Waals surface area (Å²) in [7, 11) is -3.76. The molecule has 0 spiro atoms. The van der Waals surface area contributed by atoms with E-state index in [-0.39, 0.29) is 20.4 Å². The number of hydrogen-bond acceptors (Lipinski definition) is 3. The molecular formula is C12H9BrFNO3S. The van der Waals surface area contributed by atoms with Crippen LogP contribution in [0.25, 0.3) is 0 Å². The minimum absolute atomic E-state index is 0.117. The minimum Gasteiger partial charge on any atom is -0.367 e. The number of aromatic amines is 1. The molecule has 0 bridgehead atoms. The van der Waals surface area contributed by atoms with Crippen molar-refractivity contribution in [3.8, 4) is 0 Å². The number of nitrogens with one attached hydrogen (secondary N) is 1. The highest BCUT2D eigenvalue weighted by Gasteiger charge is 2.18. The van der Waals surface area contributed by atoms with Crippen LogP contribution in [0.4, 0.5) is 4.39 Å². The van der Waals surface area contributed by atoms with Crippen molar-refractivity contribution < 1.29 is 12.8 Å². The van der Waals surface area contributed by atoms with Crippen LogP contribution in [-0.2, 0) is 15.6 Å². The van der Waals surface area contributed by atoms with E-state index in [9.17, 15) is 17.6 Å². The second-order valence-corrected chi connectivity index (χ2v) is 6.71. The maximum absolute atomic E-state index is 13.3. The van der Waals surface area contributed by atoms with Gasteiger partial charge in [0.2, 0.25) is 0 Å². The van der Waals surface area contributed by atoms with Crippen LogP contribution in [0.5, 0.6) is 0 Å². The highest BCUT2D eigenvalue weighted by Crippen LogP contribution is 2.21. The molecule has 0 aliphatic carbocycles. The summed E-state index contributed by atoms with van der Waals surface area (Å²) in [5, 5.41) is 0. The van der Waals surface area contributed by atoms with Crippen molar-refractivity contribution in [3.63, 3.8) is 0 Å². The summed E-state index contributed by atoms with van der Waals surface area (Å²) in [5.41, 5.74) is -0.259. The average Bonchev–Trinajstić information content (AvgIpc) is 2.35. The Morgan fingerprint density at radius 2 is 2.00 bits per heavy atom. The van der Waals surface area contributed by atoms with E-state index in [0.29, 0.717) is 0 Å². The van der Waals surface area contributed by atoms with Gasteiger partial charge in [-0.15, -0.1) is 0 Å². The summed E-state index contributed by atoms with van der Waals surface area (Å²) in [4.78, 5) is 14.0. The Bertz CT molecular complexity index is 771. The molecule has 1 aromatic carbocycles. The lowest BCUT2D eigenvalue weighted by Crippen LogP contribution is -2.14. The Morgan fingerprint density at radius 3 is 2.63 bits per heavy atom. The first kappa shape index (κ1) is 14.0. The summed E-state index contributed by atoms with van der Waals surface area (Å²) >= 11 is 2.95. The topological polar surface area (TPSA) is 67.0 Å². The van der Waals surface area contributed by atoms with E-state index < -0.39 is 21.4 Å². The van der Waals surface area contributed by atoms with E-state index in [4.69, 9.17) is 0 Å². The smallest absolute Gasteiger partial charge is 0.185 e. The van der Waals surface area contributed by atoms with Crippen molar-refractivity contribution in [2.45, 2.75) is 10.6 Å². The van der Waals surface area contributed by atoms with Crippen molar-refractivity contribution in [1.82, 2.24) is 4.98 Å². The molecule has 2 rings (SSSR count). The molecule has 1 aromatic heterocycles. The number of sulfone groups is 1. The molecule has 0 saturated carbocycles. The third-order valence-electron chi connectivity index (χ3n) is 2.50. The maximum atomic E-state index is 13.3. The number of rotatable bonds is 3. The van der Waals surface area contributed by atoms with Crippen LogP contribution in [0, 0.1) is 5.82 Å². The number of halogens is 2. The fourth-order valence-corrected chi connectivity index (χ4v) is 3.13. The zero-order chi connectivity index (χ0) is 14.0. The summed E-state index contributed by atoms with van der Waals surface area (Å²) in [5.74, 6) is -1.13. The van der Waals surface area contributed by atoms with E-state index in [1.54, 1.807) is 0 Å². The molecule has 2 aromatic rings. The first-order chi connectivity index (χ1) is 8.90. The Labute approximate surface area is 117 Å². The lowest BCUT2D eigenvalue weighted by Gasteiger charge is -2.05. The van der Waals surface area contributed by atoms with E-state index in [1.165, 1.54) is 30.6 Å². The van der Waals surface area contributed by atoms with Gasteiger partial charge in [0.25, 0.3) is 0 Å². The molecule has 0 radical (unpaired) electrons. The van der Waals surface area contributed by atoms with Crippen LogP contribution in [0.3, 0.4) is 0 Å². The molecule has 0 fully saturated rings. The number of pyridine rings is 1. The molecule has 19 heavy (non-hydrogen) atoms. The van der Waals surface area contributed by atoms with Crippen molar-refractivity contribution in [3.05, 3.63) is 62.7 Å². The van der Waals surface area contributed by atoms with Crippen molar-refractivity contribution in [2.24, 2.45) is 0 Å². The Balaban J connectivity index is 2.41. The molecule has 1 heterocycles. The van der Waals surface area contributed by atoms with Crippen LogP contribution >= 0.6 is 15.9 Å². The second kappa shape index (κ2) is 5.26. The van der Waals surface area contributed by atoms with Gasteiger partial charge in [0.05, 0.1) is 15.1 Å². The molecule has 1 N–H and O–H groups in total. The zero-order valence-electron chi connectivity index (χ0n) is 9.56. The number of hydrogen-bond donors (Lipinski definition) is 1. The van der Waals surface area contributed by atoms with Gasteiger partial charge < -0.3 is 4.98 Å². The van der Waals surface area contributed by atoms with Crippen molar-refractivity contribution in [2.75, 3.05) is 0 Å². The van der Waals surface area contributed by atoms with Crippen molar-refractivity contribution >= 4 is 25.8 Å². The first-order valence-corrected chi connectivity index (χ1v) is 7.68. The third-order valence-corrected chi connectivity index (χ3v) is 4.81. The number of aromatic nitrogens is 1. The van der Waals surface area contributed by atoms with Crippen LogP contribution in [0.1, 0.15) is 5.56 Å². The van der Waals surface area contributed by atoms with E-state index in [0.717, 1.165) is 6.07 Å². The standard InChI is InChI=1S/C12H9BrFNO3S/c13-10-2-1-9(5-11(10)14)19(17,18)7-8-6-15-4-3-12(8)16/h1-6H,7H2,(H,15,16). The van der Waals surface area contributed by atoms with E-state index in [1.807, 2.05) is 0 Å². The van der Waals surface area contributed by atoms with E-state index >= 15 is 0 Å². The maximum Gasteiger partial charge on any atom is 0.185 e. The van der Waals surface area contributed by atoms with Crippen molar-refractivity contribution in [1.29, 1.82) is 0 Å². The fourth-order valence-electron chi connectivity index (χ4n) is 1.52. The molecule has 4 nitrogen and oxygen atoms in total. The molecule has 0 aliphatic rings.